The van der Waals surface area contributed by atoms with Crippen LogP contribution in [-0.4, -0.2) is 23.7 Å². The van der Waals surface area contributed by atoms with Gasteiger partial charge in [-0.05, 0) is 18.9 Å². The number of hydrazine groups is 2. The fourth-order valence-electron chi connectivity index (χ4n) is 1.06. The Balaban J connectivity index is 1.74. The normalized spacial score (nSPS) is 21.5. The van der Waals surface area contributed by atoms with Gasteiger partial charge in [0.1, 0.15) is 0 Å². The van der Waals surface area contributed by atoms with E-state index in [0.717, 1.165) is 5.09 Å². The average Bonchev–Trinajstić information content (AvgIpc) is 2.76. The zero-order valence-corrected chi connectivity index (χ0v) is 11.6. The van der Waals surface area contributed by atoms with Crippen LogP contribution in [0.25, 0.3) is 0 Å². The van der Waals surface area contributed by atoms with Gasteiger partial charge in [0.2, 0.25) is 5.09 Å². The number of hydrogen-bond acceptors (Lipinski definition) is 8. The van der Waals surface area contributed by atoms with Gasteiger partial charge in [-0.3, -0.25) is 5.43 Å². The van der Waals surface area contributed by atoms with Gasteiger partial charge in [-0.1, -0.05) is 28.7 Å². The Kier molecular flexibility index (Phi) is 4.20. The third-order valence-electron chi connectivity index (χ3n) is 1.67. The second kappa shape index (κ2) is 5.46. The minimum absolute atomic E-state index is 0.859. The van der Waals surface area contributed by atoms with E-state index < -0.39 is 0 Å². The van der Waals surface area contributed by atoms with Crippen LogP contribution in [0.2, 0.25) is 0 Å². The van der Waals surface area contributed by atoms with Gasteiger partial charge in [-0.15, -0.1) is 0 Å². The monoisotopic (exact) mass is 277 g/mol. The molecule has 5 nitrogen and oxygen atoms in total. The molecule has 0 saturated carbocycles. The summed E-state index contributed by atoms with van der Waals surface area (Å²) in [5, 5.41) is 2.43. The zero-order chi connectivity index (χ0) is 11.5. The average molecular weight is 277 g/mol. The van der Waals surface area contributed by atoms with Crippen molar-refractivity contribution in [2.24, 2.45) is 0 Å². The molecule has 2 aliphatic rings. The van der Waals surface area contributed by atoms with Crippen molar-refractivity contribution in [2.75, 3.05) is 14.1 Å². The highest BCUT2D eigenvalue weighted by atomic mass is 32.2. The molecule has 0 bridgehead atoms. The van der Waals surface area contributed by atoms with Crippen molar-refractivity contribution in [3.63, 3.8) is 0 Å². The quantitative estimate of drug-likeness (QED) is 0.757. The molecule has 89 valence electrons. The number of nitrogens with zero attached hydrogens (tertiary/aromatic N) is 2. The molecule has 2 heterocycles. The van der Waals surface area contributed by atoms with Gasteiger partial charge < -0.3 is 10.3 Å². The Morgan fingerprint density at radius 1 is 1.31 bits per heavy atom. The van der Waals surface area contributed by atoms with E-state index in [1.807, 2.05) is 30.9 Å². The van der Waals surface area contributed by atoms with Crippen molar-refractivity contribution in [1.82, 2.24) is 20.4 Å². The number of hydrogen-bond donors (Lipinski definition) is 2. The highest BCUT2D eigenvalue weighted by Crippen LogP contribution is 2.46. The van der Waals surface area contributed by atoms with E-state index in [9.17, 15) is 0 Å². The summed E-state index contributed by atoms with van der Waals surface area (Å²) in [7, 11) is 3.81. The second-order valence-corrected chi connectivity index (χ2v) is 7.22. The number of nitrogens with one attached hydrogen (secondary N) is 2. The molecule has 0 fully saturated rings. The molecule has 0 atom stereocenters. The predicted octanol–water partition coefficient (Wildman–Crippen LogP) is 2.04. The second-order valence-electron chi connectivity index (χ2n) is 3.06. The van der Waals surface area contributed by atoms with Crippen molar-refractivity contribution in [1.29, 1.82) is 0 Å². The molecule has 0 spiro atoms. The molecule has 8 heteroatoms. The van der Waals surface area contributed by atoms with Crippen LogP contribution in [0.4, 0.5) is 0 Å². The van der Waals surface area contributed by atoms with Gasteiger partial charge in [0.25, 0.3) is 0 Å². The van der Waals surface area contributed by atoms with E-state index in [2.05, 4.69) is 17.8 Å². The van der Waals surface area contributed by atoms with Crippen LogP contribution >= 0.6 is 35.5 Å². The SMILES string of the molecule is C[C](SC1=CNN(C)O1)SC1=CNN(C)S1. The van der Waals surface area contributed by atoms with E-state index >= 15 is 0 Å². The summed E-state index contributed by atoms with van der Waals surface area (Å²) < 4.78 is 4.41. The Morgan fingerprint density at radius 3 is 2.69 bits per heavy atom. The third kappa shape index (κ3) is 3.42. The van der Waals surface area contributed by atoms with Crippen LogP contribution in [0, 0.1) is 4.58 Å². The van der Waals surface area contributed by atoms with Crippen LogP contribution in [0.3, 0.4) is 0 Å². The fourth-order valence-corrected chi connectivity index (χ4v) is 4.18. The molecule has 0 aromatic heterocycles. The molecular formula is C8H13N4OS3. The van der Waals surface area contributed by atoms with E-state index in [1.54, 1.807) is 40.6 Å². The summed E-state index contributed by atoms with van der Waals surface area (Å²) in [5.74, 6) is 0. The van der Waals surface area contributed by atoms with Crippen LogP contribution in [0.1, 0.15) is 6.92 Å². The first-order valence-electron chi connectivity index (χ1n) is 4.59. The molecule has 0 amide bonds. The molecule has 2 rings (SSSR count). The lowest BCUT2D eigenvalue weighted by Gasteiger charge is -2.12. The molecule has 0 aromatic carbocycles. The van der Waals surface area contributed by atoms with Crippen molar-refractivity contribution < 1.29 is 4.84 Å². The molecule has 0 aromatic rings. The summed E-state index contributed by atoms with van der Waals surface area (Å²) in [6.07, 6.45) is 3.84. The smallest absolute Gasteiger partial charge is 0.201 e. The molecular weight excluding hydrogens is 264 g/mol. The first kappa shape index (κ1) is 12.3. The largest absolute Gasteiger partial charge is 0.378 e. The maximum Gasteiger partial charge on any atom is 0.201 e. The predicted molar refractivity (Wildman–Crippen MR) is 70.7 cm³/mol. The molecule has 0 saturated heterocycles. The molecule has 2 N–H and O–H groups in total. The maximum absolute atomic E-state index is 5.38. The van der Waals surface area contributed by atoms with Gasteiger partial charge in [0.15, 0.2) is 0 Å². The van der Waals surface area contributed by atoms with Gasteiger partial charge >= 0.3 is 0 Å². The summed E-state index contributed by atoms with van der Waals surface area (Å²) in [6, 6.07) is 0. The highest BCUT2D eigenvalue weighted by Gasteiger charge is 2.20. The standard InChI is InChI=1S/C8H13N4OS3/c1-6(14-7-4-9-11(2)13-7)15-8-5-10-12(3)16-8/h4-5,9-10H,1-3H3. The van der Waals surface area contributed by atoms with E-state index in [4.69, 9.17) is 4.84 Å². The number of rotatable bonds is 4. The van der Waals surface area contributed by atoms with Crippen molar-refractivity contribution >= 4 is 35.5 Å². The highest BCUT2D eigenvalue weighted by molar-refractivity contribution is 8.30. The Morgan fingerprint density at radius 2 is 2.12 bits per heavy atom. The fraction of sp³-hybridized carbons (Fsp3) is 0.375. The van der Waals surface area contributed by atoms with Crippen LogP contribution in [0.15, 0.2) is 21.7 Å². The summed E-state index contributed by atoms with van der Waals surface area (Å²) >= 11 is 5.02. The molecule has 2 aliphatic heterocycles. The molecule has 1 radical (unpaired) electrons. The van der Waals surface area contributed by atoms with Gasteiger partial charge in [-0.2, -0.15) is 4.41 Å². The first-order valence-corrected chi connectivity index (χ1v) is 6.99. The van der Waals surface area contributed by atoms with Crippen molar-refractivity contribution in [3.8, 4) is 0 Å². The maximum atomic E-state index is 5.38. The van der Waals surface area contributed by atoms with Gasteiger partial charge in [0, 0.05) is 20.3 Å². The van der Waals surface area contributed by atoms with Gasteiger partial charge in [0.05, 0.1) is 15.0 Å². The summed E-state index contributed by atoms with van der Waals surface area (Å²) in [5.41, 5.74) is 6.04. The lowest BCUT2D eigenvalue weighted by atomic mass is 10.9. The van der Waals surface area contributed by atoms with E-state index in [0.29, 0.717) is 0 Å². The van der Waals surface area contributed by atoms with Crippen LogP contribution < -0.4 is 10.9 Å². The van der Waals surface area contributed by atoms with Crippen LogP contribution in [0.5, 0.6) is 0 Å². The molecule has 0 unspecified atom stereocenters. The molecule has 0 aliphatic carbocycles. The Labute approximate surface area is 108 Å². The van der Waals surface area contributed by atoms with Crippen molar-refractivity contribution in [3.05, 3.63) is 26.3 Å². The number of hydroxylamine groups is 1. The summed E-state index contributed by atoms with van der Waals surface area (Å²) in [6.45, 7) is 2.08. The van der Waals surface area contributed by atoms with Gasteiger partial charge in [-0.25, -0.2) is 0 Å². The minimum atomic E-state index is 0.859. The van der Waals surface area contributed by atoms with Crippen molar-refractivity contribution in [2.45, 2.75) is 6.92 Å². The zero-order valence-electron chi connectivity index (χ0n) is 9.18. The molecule has 16 heavy (non-hydrogen) atoms. The minimum Gasteiger partial charge on any atom is -0.378 e. The lowest BCUT2D eigenvalue weighted by Crippen LogP contribution is -2.22. The third-order valence-corrected chi connectivity index (χ3v) is 4.61. The Bertz CT molecular complexity index is 292. The summed E-state index contributed by atoms with van der Waals surface area (Å²) in [4.78, 5) is 5.38. The Hall–Kier alpha value is -0.150. The topological polar surface area (TPSA) is 39.8 Å². The van der Waals surface area contributed by atoms with Crippen LogP contribution in [-0.2, 0) is 4.84 Å². The van der Waals surface area contributed by atoms with E-state index in [-0.39, 0.29) is 0 Å². The number of thioether (sulfide) groups is 2. The van der Waals surface area contributed by atoms with E-state index in [1.165, 1.54) is 8.82 Å². The first-order chi connectivity index (χ1) is 7.63. The lowest BCUT2D eigenvalue weighted by molar-refractivity contribution is -0.0920.